The van der Waals surface area contributed by atoms with Gasteiger partial charge >= 0.3 is 0 Å². The lowest BCUT2D eigenvalue weighted by molar-refractivity contribution is 0.784. The molecule has 2 aromatic heterocycles. The van der Waals surface area contributed by atoms with Gasteiger partial charge in [-0.15, -0.1) is 0 Å². The maximum atomic E-state index is 5.82. The third-order valence-electron chi connectivity index (χ3n) is 2.03. The summed E-state index contributed by atoms with van der Waals surface area (Å²) in [5.41, 5.74) is 0. The molecule has 0 aromatic carbocycles. The minimum atomic E-state index is 0.129. The Hall–Kier alpha value is -1.76. The summed E-state index contributed by atoms with van der Waals surface area (Å²) >= 11 is 5.82. The number of nitrogens with zero attached hydrogens (tertiary/aromatic N) is 6. The Balaban J connectivity index is 2.18. The molecule has 2 aromatic rings. The third kappa shape index (κ3) is 3.10. The van der Waals surface area contributed by atoms with Gasteiger partial charge in [-0.25, -0.2) is 4.98 Å². The van der Waals surface area contributed by atoms with Crippen LogP contribution in [0.1, 0.15) is 19.8 Å². The molecule has 2 heterocycles. The van der Waals surface area contributed by atoms with Crippen LogP contribution in [0.4, 0.5) is 5.95 Å². The van der Waals surface area contributed by atoms with Gasteiger partial charge in [0.05, 0.1) is 0 Å². The van der Waals surface area contributed by atoms with Crippen molar-refractivity contribution in [2.24, 2.45) is 0 Å². The number of hydrogen-bond acceptors (Lipinski definition) is 6. The minimum Gasteiger partial charge on any atom is -0.354 e. The number of aromatic nitrogens is 6. The van der Waals surface area contributed by atoms with Crippen molar-refractivity contribution in [1.82, 2.24) is 29.7 Å². The van der Waals surface area contributed by atoms with Crippen molar-refractivity contribution in [3.63, 3.8) is 0 Å². The van der Waals surface area contributed by atoms with Gasteiger partial charge in [-0.3, -0.25) is 0 Å². The zero-order valence-electron chi connectivity index (χ0n) is 9.34. The lowest BCUT2D eigenvalue weighted by Crippen LogP contribution is -2.10. The summed E-state index contributed by atoms with van der Waals surface area (Å²) in [5.74, 6) is 0.797. The SMILES string of the molecule is CCCCNc1nc(Cl)nc(-n2cncn2)n1. The molecule has 90 valence electrons. The number of hydrogen-bond donors (Lipinski definition) is 1. The largest absolute Gasteiger partial charge is 0.354 e. The van der Waals surface area contributed by atoms with Gasteiger partial charge in [0.15, 0.2) is 0 Å². The fourth-order valence-electron chi connectivity index (χ4n) is 1.21. The molecule has 17 heavy (non-hydrogen) atoms. The van der Waals surface area contributed by atoms with E-state index in [2.05, 4.69) is 37.3 Å². The Bertz CT molecular complexity index is 470. The molecule has 7 nitrogen and oxygen atoms in total. The summed E-state index contributed by atoms with van der Waals surface area (Å²) in [5, 5.41) is 7.14. The molecule has 0 radical (unpaired) electrons. The zero-order valence-corrected chi connectivity index (χ0v) is 10.1. The van der Waals surface area contributed by atoms with Gasteiger partial charge < -0.3 is 5.32 Å². The van der Waals surface area contributed by atoms with E-state index in [1.165, 1.54) is 17.3 Å². The van der Waals surface area contributed by atoms with E-state index in [9.17, 15) is 0 Å². The van der Waals surface area contributed by atoms with E-state index in [-0.39, 0.29) is 5.28 Å². The Morgan fingerprint density at radius 2 is 2.24 bits per heavy atom. The molecule has 0 saturated carbocycles. The molecule has 1 N–H and O–H groups in total. The van der Waals surface area contributed by atoms with E-state index in [1.54, 1.807) is 0 Å². The molecular formula is C9H12ClN7. The summed E-state index contributed by atoms with van der Waals surface area (Å²) in [6.07, 6.45) is 5.05. The first-order chi connectivity index (χ1) is 8.29. The van der Waals surface area contributed by atoms with E-state index in [0.717, 1.165) is 19.4 Å². The molecule has 0 amide bonds. The lowest BCUT2D eigenvalue weighted by Gasteiger charge is -2.05. The molecule has 0 spiro atoms. The van der Waals surface area contributed by atoms with E-state index in [0.29, 0.717) is 11.9 Å². The van der Waals surface area contributed by atoms with E-state index in [1.807, 2.05) is 0 Å². The van der Waals surface area contributed by atoms with Crippen LogP contribution in [-0.4, -0.2) is 36.3 Å². The number of halogens is 1. The first kappa shape index (κ1) is 11.7. The summed E-state index contributed by atoms with van der Waals surface area (Å²) in [6, 6.07) is 0. The van der Waals surface area contributed by atoms with Crippen molar-refractivity contribution in [2.45, 2.75) is 19.8 Å². The van der Waals surface area contributed by atoms with Crippen molar-refractivity contribution in [3.8, 4) is 5.95 Å². The average molecular weight is 254 g/mol. The second kappa shape index (κ2) is 5.53. The Kier molecular flexibility index (Phi) is 3.81. The van der Waals surface area contributed by atoms with Crippen LogP contribution in [0.5, 0.6) is 0 Å². The Morgan fingerprint density at radius 3 is 2.94 bits per heavy atom. The highest BCUT2D eigenvalue weighted by atomic mass is 35.5. The standard InChI is InChI=1S/C9H12ClN7/c1-2-3-4-12-8-14-7(10)15-9(16-8)17-6-11-5-13-17/h5-6H,2-4H2,1H3,(H,12,14,15,16). The predicted molar refractivity (Wildman–Crippen MR) is 63.2 cm³/mol. The monoisotopic (exact) mass is 253 g/mol. The van der Waals surface area contributed by atoms with Crippen molar-refractivity contribution in [1.29, 1.82) is 0 Å². The molecule has 0 aliphatic carbocycles. The Labute approximate surface area is 103 Å². The molecule has 8 heteroatoms. The normalized spacial score (nSPS) is 10.5. The second-order valence-corrected chi connectivity index (χ2v) is 3.69. The maximum absolute atomic E-state index is 5.82. The predicted octanol–water partition coefficient (Wildman–Crippen LogP) is 1.32. The second-order valence-electron chi connectivity index (χ2n) is 3.35. The summed E-state index contributed by atoms with van der Waals surface area (Å²) in [4.78, 5) is 16.0. The maximum Gasteiger partial charge on any atom is 0.258 e. The van der Waals surface area contributed by atoms with Crippen LogP contribution < -0.4 is 5.32 Å². The topological polar surface area (TPSA) is 81.4 Å². The van der Waals surface area contributed by atoms with E-state index >= 15 is 0 Å². The lowest BCUT2D eigenvalue weighted by atomic mass is 10.3. The molecule has 0 aliphatic heterocycles. The zero-order chi connectivity index (χ0) is 12.1. The molecule has 0 aliphatic rings. The fraction of sp³-hybridized carbons (Fsp3) is 0.444. The van der Waals surface area contributed by atoms with Crippen LogP contribution in [-0.2, 0) is 0 Å². The summed E-state index contributed by atoms with van der Waals surface area (Å²) in [7, 11) is 0. The van der Waals surface area contributed by atoms with Crippen molar-refractivity contribution < 1.29 is 0 Å². The number of rotatable bonds is 5. The fourth-order valence-corrected chi connectivity index (χ4v) is 1.37. The first-order valence-electron chi connectivity index (χ1n) is 5.30. The van der Waals surface area contributed by atoms with Crippen molar-refractivity contribution in [2.75, 3.05) is 11.9 Å². The highest BCUT2D eigenvalue weighted by Crippen LogP contribution is 2.08. The van der Waals surface area contributed by atoms with Crippen LogP contribution in [0.25, 0.3) is 5.95 Å². The van der Waals surface area contributed by atoms with Gasteiger partial charge in [0, 0.05) is 6.54 Å². The molecular weight excluding hydrogens is 242 g/mol. The van der Waals surface area contributed by atoms with Gasteiger partial charge in [0.25, 0.3) is 5.95 Å². The highest BCUT2D eigenvalue weighted by molar-refractivity contribution is 6.28. The number of anilines is 1. The summed E-state index contributed by atoms with van der Waals surface area (Å²) in [6.45, 7) is 2.91. The smallest absolute Gasteiger partial charge is 0.258 e. The number of nitrogens with one attached hydrogen (secondary N) is 1. The molecule has 0 unspecified atom stereocenters. The van der Waals surface area contributed by atoms with E-state index < -0.39 is 0 Å². The van der Waals surface area contributed by atoms with Crippen LogP contribution in [0.2, 0.25) is 5.28 Å². The van der Waals surface area contributed by atoms with Crippen LogP contribution >= 0.6 is 11.6 Å². The number of unbranched alkanes of at least 4 members (excludes halogenated alkanes) is 1. The van der Waals surface area contributed by atoms with Gasteiger partial charge in [0.2, 0.25) is 11.2 Å². The van der Waals surface area contributed by atoms with E-state index in [4.69, 9.17) is 11.6 Å². The van der Waals surface area contributed by atoms with Gasteiger partial charge in [0.1, 0.15) is 12.7 Å². The molecule has 0 bridgehead atoms. The highest BCUT2D eigenvalue weighted by Gasteiger charge is 2.06. The first-order valence-corrected chi connectivity index (χ1v) is 5.68. The van der Waals surface area contributed by atoms with Gasteiger partial charge in [-0.1, -0.05) is 13.3 Å². The van der Waals surface area contributed by atoms with Crippen LogP contribution in [0, 0.1) is 0 Å². The quantitative estimate of drug-likeness (QED) is 0.810. The van der Waals surface area contributed by atoms with Gasteiger partial charge in [-0.05, 0) is 18.0 Å². The molecule has 0 saturated heterocycles. The van der Waals surface area contributed by atoms with Crippen molar-refractivity contribution in [3.05, 3.63) is 17.9 Å². The van der Waals surface area contributed by atoms with Crippen LogP contribution in [0.3, 0.4) is 0 Å². The summed E-state index contributed by atoms with van der Waals surface area (Å²) < 4.78 is 1.43. The molecule has 0 fully saturated rings. The minimum absolute atomic E-state index is 0.129. The molecule has 2 rings (SSSR count). The van der Waals surface area contributed by atoms with Gasteiger partial charge in [-0.2, -0.15) is 24.7 Å². The van der Waals surface area contributed by atoms with Crippen molar-refractivity contribution >= 4 is 17.5 Å². The Morgan fingerprint density at radius 1 is 1.35 bits per heavy atom. The average Bonchev–Trinajstić information content (AvgIpc) is 2.82. The molecule has 0 atom stereocenters. The third-order valence-corrected chi connectivity index (χ3v) is 2.20. The van der Waals surface area contributed by atoms with Crippen LogP contribution in [0.15, 0.2) is 12.7 Å².